The number of esters is 1. The molecule has 0 aliphatic carbocycles. The van der Waals surface area contributed by atoms with E-state index >= 15 is 0 Å². The van der Waals surface area contributed by atoms with Crippen LogP contribution in [0, 0.1) is 0 Å². The highest BCUT2D eigenvalue weighted by molar-refractivity contribution is 9.10. The number of ether oxygens (including phenoxy) is 5. The summed E-state index contributed by atoms with van der Waals surface area (Å²) in [5.74, 6) is -3.63. The molecule has 4 saturated heterocycles. The van der Waals surface area contributed by atoms with Crippen molar-refractivity contribution in [3.05, 3.63) is 228 Å². The lowest BCUT2D eigenvalue weighted by Gasteiger charge is -2.54. The molecule has 4 aliphatic rings. The fraction of sp³-hybridized carbons (Fsp3) is 0.577. The molecule has 0 saturated carbocycles. The number of carbonyl (C=O) groups excluding carboxylic acids is 1. The van der Waals surface area contributed by atoms with Crippen molar-refractivity contribution in [2.24, 2.45) is 0 Å². The zero-order chi connectivity index (χ0) is 95.7. The number of hydrogen-bond donors (Lipinski definition) is 9. The number of aliphatic hydroxyl groups is 9. The number of hydrogen-bond acceptors (Lipinski definition) is 25. The number of benzene rings is 4. The zero-order valence-electron chi connectivity index (χ0n) is 80.6. The summed E-state index contributed by atoms with van der Waals surface area (Å²) in [6.45, 7) is 50.5. The van der Waals surface area contributed by atoms with E-state index in [4.69, 9.17) is 50.2 Å². The Morgan fingerprint density at radius 2 is 0.760 bits per heavy atom. The first-order valence-corrected chi connectivity index (χ1v) is 70.0. The highest BCUT2D eigenvalue weighted by Crippen LogP contribution is 2.46. The largest absolute Gasteiger partial charge is 0.458 e. The summed E-state index contributed by atoms with van der Waals surface area (Å²) in [6, 6.07) is 49.2. The predicted octanol–water partition coefficient (Wildman–Crippen LogP) is 18.8. The molecule has 0 radical (unpaired) electrons. The SMILES string of the molecule is CC[C@H]1OC(=O)[C@H](O[Si](C)(C)C)[C@@H](O[Si](C)(C)C)[C@@H]1O[Si](C)(C)C.CCc1ccc(Cc2cccc(Br)c2)s1.CCc1ccc(Cc2cccc(C3(O)O[C@H](CC)[C@@H](O[Si](C)(C)C)[C@H](O[Si](C)(C)C)[C@H]3O[Si](C)(C)C)c2)s1.CCc1ccc(Cc2cccc(C3(OC)O[C@H](CO)[C@@H](O)[C@H](O)[C@H]3O)c2)s1.CCc1ccc(Cc2cccc(C3O[C@H](CO)[C@@H](O)[C@H](O)[C@H]3O)c2)s1. The maximum Gasteiger partial charge on any atom is 0.337 e. The first-order valence-electron chi connectivity index (χ1n) is 45.5. The lowest BCUT2D eigenvalue weighted by Crippen LogP contribution is -2.68. The monoisotopic (exact) mass is 2020 g/mol. The minimum atomic E-state index is -2.13. The van der Waals surface area contributed by atoms with Crippen molar-refractivity contribution in [2.75, 3.05) is 20.3 Å². The highest BCUT2D eigenvalue weighted by atomic mass is 79.9. The van der Waals surface area contributed by atoms with Crippen molar-refractivity contribution >= 4 is 117 Å². The van der Waals surface area contributed by atoms with Crippen LogP contribution in [0.25, 0.3) is 0 Å². The smallest absolute Gasteiger partial charge is 0.337 e. The van der Waals surface area contributed by atoms with Crippen LogP contribution in [0.15, 0.2) is 150 Å². The molecule has 9 N–H and O–H groups in total. The molecule has 4 aromatic carbocycles. The van der Waals surface area contributed by atoms with E-state index in [1.165, 1.54) is 51.7 Å². The molecule has 32 heteroatoms. The minimum absolute atomic E-state index is 0.257. The van der Waals surface area contributed by atoms with Crippen molar-refractivity contribution in [1.29, 1.82) is 0 Å². The van der Waals surface area contributed by atoms with Crippen LogP contribution >= 0.6 is 61.3 Å². The number of aliphatic hydroxyl groups excluding tert-OH is 8. The van der Waals surface area contributed by atoms with E-state index < -0.39 is 148 Å². The fourth-order valence-electron chi connectivity index (χ4n) is 15.8. The Kier molecular flexibility index (Phi) is 41.5. The maximum absolute atomic E-state index is 12.6. The Balaban J connectivity index is 0.000000204. The molecular weight excluding hydrogens is 1880 g/mol. The lowest BCUT2D eigenvalue weighted by molar-refractivity contribution is -0.366. The summed E-state index contributed by atoms with van der Waals surface area (Å²) in [5.41, 5.74) is 6.57. The van der Waals surface area contributed by atoms with Gasteiger partial charge in [0.15, 0.2) is 56.0 Å². The second kappa shape index (κ2) is 48.5. The first kappa shape index (κ1) is 110. The van der Waals surface area contributed by atoms with Crippen molar-refractivity contribution in [1.82, 2.24) is 0 Å². The number of methoxy groups -OCH3 is 1. The van der Waals surface area contributed by atoms with Gasteiger partial charge in [0.1, 0.15) is 85.5 Å². The molecular formula is C97H149BrO21S4Si6. The van der Waals surface area contributed by atoms with Gasteiger partial charge in [0.25, 0.3) is 0 Å². The van der Waals surface area contributed by atoms with Crippen LogP contribution in [0.2, 0.25) is 118 Å². The minimum Gasteiger partial charge on any atom is -0.458 e. The standard InChI is InChI=1S/C29H50O5SSi3.C20H26O6S.C19H24O5S.C16H36O5Si3.C13H13BrS/c1-12-23-17-18-24(35-23)20-21-15-14-16-22(19-21)29(30)28(34-38(9,10)11)27(33-37(6,7)8)26(25(13-2)31-29)32-36(3,4)5;1-3-14-7-8-15(27-14)10-12-5-4-6-13(9-12)20(25-2)19(24)18(23)17(22)16(11-21)26-20;1-2-13-6-7-14(25-13)9-11-4-3-5-12(8-11)19-18(23)17(22)16(21)15(10-20)24-19;1-11-12-13(19-22(2,3)4)14(20-23(5,6)7)15(16(17)18-12)21-24(8,9)10;1-2-12-6-7-13(15-12)9-10-4-3-5-11(14)8-10/h14-19,25-28,30H,12-13,20H2,1-11H3;4-9,16-19,21-24H,3,10-11H2,1-2H3;3-8,15-23H,2,9-10H2,1H3;12-15H,11H2,1-10H3;3-8H,2,9H2,1H3/t25-,26-,27+,28-,29?;16-,17-,18+,19-,20?;15-,16-,17+,18-,19?;12-,13-,14+,15-;/m1111./s1. The molecule has 4 aliphatic heterocycles. The summed E-state index contributed by atoms with van der Waals surface area (Å²) in [5, 5.41) is 92.4. The van der Waals surface area contributed by atoms with E-state index in [2.05, 4.69) is 253 Å². The summed E-state index contributed by atoms with van der Waals surface area (Å²) in [7, 11) is -10.4. The van der Waals surface area contributed by atoms with E-state index in [9.17, 15) is 50.8 Å². The molecule has 21 nitrogen and oxygen atoms in total. The molecule has 0 bridgehead atoms. The molecule has 8 aromatic rings. The third kappa shape index (κ3) is 32.4. The quantitative estimate of drug-likeness (QED) is 0.0140. The molecule has 8 heterocycles. The second-order valence-electron chi connectivity index (χ2n) is 39.5. The van der Waals surface area contributed by atoms with Gasteiger partial charge >= 0.3 is 5.97 Å². The number of rotatable bonds is 32. The van der Waals surface area contributed by atoms with Crippen LogP contribution in [-0.2, 0) is 118 Å². The lowest BCUT2D eigenvalue weighted by atomic mass is 9.86. The summed E-state index contributed by atoms with van der Waals surface area (Å²) < 4.78 is 69.9. The van der Waals surface area contributed by atoms with Gasteiger partial charge in [-0.2, -0.15) is 0 Å². The van der Waals surface area contributed by atoms with E-state index in [0.717, 1.165) is 83.7 Å². The topological polar surface area (TPSA) is 301 Å². The van der Waals surface area contributed by atoms with Gasteiger partial charge in [-0.15, -0.1) is 45.3 Å². The maximum atomic E-state index is 12.6. The Morgan fingerprint density at radius 1 is 0.388 bits per heavy atom. The van der Waals surface area contributed by atoms with Crippen molar-refractivity contribution in [2.45, 2.75) is 339 Å². The van der Waals surface area contributed by atoms with Crippen LogP contribution in [-0.4, -0.2) is 220 Å². The van der Waals surface area contributed by atoms with Gasteiger partial charge in [-0.05, 0) is 257 Å². The zero-order valence-corrected chi connectivity index (χ0v) is 91.4. The molecule has 19 atom stereocenters. The molecule has 4 fully saturated rings. The van der Waals surface area contributed by atoms with Gasteiger partial charge in [0.05, 0.1) is 25.4 Å². The first-order chi connectivity index (χ1) is 60.3. The van der Waals surface area contributed by atoms with Gasteiger partial charge in [0, 0.05) is 87.4 Å². The van der Waals surface area contributed by atoms with Crippen molar-refractivity contribution in [3.8, 4) is 0 Å². The van der Waals surface area contributed by atoms with Gasteiger partial charge in [0.2, 0.25) is 11.6 Å². The van der Waals surface area contributed by atoms with Crippen LogP contribution in [0.4, 0.5) is 0 Å². The van der Waals surface area contributed by atoms with E-state index in [1.54, 1.807) is 28.7 Å². The van der Waals surface area contributed by atoms with E-state index in [1.807, 2.05) is 84.2 Å². The molecule has 718 valence electrons. The molecule has 12 rings (SSSR count). The summed E-state index contributed by atoms with van der Waals surface area (Å²) >= 11 is 10.8. The van der Waals surface area contributed by atoms with E-state index in [0.29, 0.717) is 18.4 Å². The number of carbonyl (C=O) groups is 1. The summed E-state index contributed by atoms with van der Waals surface area (Å²) in [6.07, 6.45) is -5.47. The van der Waals surface area contributed by atoms with Crippen LogP contribution in [0.3, 0.4) is 0 Å². The van der Waals surface area contributed by atoms with Crippen molar-refractivity contribution in [3.63, 3.8) is 0 Å². The predicted molar refractivity (Wildman–Crippen MR) is 539 cm³/mol. The molecule has 129 heavy (non-hydrogen) atoms. The third-order valence-corrected chi connectivity index (χ3v) is 32.9. The number of cyclic esters (lactones) is 1. The molecule has 3 unspecified atom stereocenters. The van der Waals surface area contributed by atoms with Gasteiger partial charge in [-0.3, -0.25) is 0 Å². The average molecular weight is 2030 g/mol. The molecule has 0 spiro atoms. The Labute approximate surface area is 799 Å². The third-order valence-electron chi connectivity index (χ3n) is 21.7. The van der Waals surface area contributed by atoms with Gasteiger partial charge in [-0.1, -0.05) is 130 Å². The number of halogens is 1. The van der Waals surface area contributed by atoms with Gasteiger partial charge < -0.3 is 96.2 Å². The second-order valence-corrected chi connectivity index (χ2v) is 72.2. The average Bonchev–Trinajstić information content (AvgIpc) is 1.03. The number of aryl methyl sites for hydroxylation is 4. The Morgan fingerprint density at radius 3 is 1.16 bits per heavy atom. The van der Waals surface area contributed by atoms with Crippen molar-refractivity contribution < 1.29 is 101 Å². The fourth-order valence-corrected chi connectivity index (χ4v) is 26.7. The normalized spacial score (nSPS) is 27.0. The Bertz CT molecular complexity index is 4740. The highest BCUT2D eigenvalue weighted by Gasteiger charge is 2.60. The van der Waals surface area contributed by atoms with Crippen LogP contribution in [0.5, 0.6) is 0 Å². The summed E-state index contributed by atoms with van der Waals surface area (Å²) in [4.78, 5) is 23.4. The molecule has 4 aromatic heterocycles. The number of thiophene rings is 4. The Hall–Kier alpha value is -3.83. The van der Waals surface area contributed by atoms with Crippen LogP contribution < -0.4 is 0 Å². The van der Waals surface area contributed by atoms with Crippen LogP contribution in [0.1, 0.15) is 138 Å². The molecule has 0 amide bonds. The van der Waals surface area contributed by atoms with Gasteiger partial charge in [-0.25, -0.2) is 4.79 Å². The van der Waals surface area contributed by atoms with E-state index in [-0.39, 0.29) is 36.5 Å².